The Hall–Kier alpha value is -3.48. The number of hydrogen-bond donors (Lipinski definition) is 1. The number of anilines is 1. The molecule has 1 amide bonds. The van der Waals surface area contributed by atoms with Crippen LogP contribution in [-0.4, -0.2) is 48.1 Å². The molecule has 0 atom stereocenters. The van der Waals surface area contributed by atoms with Gasteiger partial charge in [0.15, 0.2) is 0 Å². The minimum Gasteiger partial charge on any atom is -0.497 e. The van der Waals surface area contributed by atoms with Crippen molar-refractivity contribution < 1.29 is 9.53 Å². The van der Waals surface area contributed by atoms with Crippen LogP contribution in [0.15, 0.2) is 61.2 Å². The van der Waals surface area contributed by atoms with Crippen LogP contribution in [-0.2, 0) is 12.8 Å². The van der Waals surface area contributed by atoms with Gasteiger partial charge in [0.2, 0.25) is 5.95 Å². The van der Waals surface area contributed by atoms with Crippen molar-refractivity contribution in [3.8, 4) is 5.75 Å². The third-order valence-corrected chi connectivity index (χ3v) is 4.56. The Kier molecular flexibility index (Phi) is 7.10. The summed E-state index contributed by atoms with van der Waals surface area (Å²) >= 11 is 0. The van der Waals surface area contributed by atoms with E-state index in [4.69, 9.17) is 4.74 Å². The van der Waals surface area contributed by atoms with Gasteiger partial charge in [-0.1, -0.05) is 12.1 Å². The van der Waals surface area contributed by atoms with Gasteiger partial charge < -0.3 is 15.0 Å². The molecule has 0 saturated heterocycles. The summed E-state index contributed by atoms with van der Waals surface area (Å²) in [5, 5.41) is 2.90. The van der Waals surface area contributed by atoms with Crippen molar-refractivity contribution in [2.24, 2.45) is 0 Å². The van der Waals surface area contributed by atoms with E-state index in [2.05, 4.69) is 20.3 Å². The molecule has 0 unspecified atom stereocenters. The van der Waals surface area contributed by atoms with Crippen LogP contribution in [0.5, 0.6) is 5.75 Å². The quantitative estimate of drug-likeness (QED) is 0.604. The SMILES string of the molecule is COc1cccc(CCNC(=O)c2cnc(N(C)CCc3ccncc3)nc2)c1. The summed E-state index contributed by atoms with van der Waals surface area (Å²) in [6.45, 7) is 1.30. The summed E-state index contributed by atoms with van der Waals surface area (Å²) in [7, 11) is 3.57. The van der Waals surface area contributed by atoms with Gasteiger partial charge in [-0.05, 0) is 48.2 Å². The van der Waals surface area contributed by atoms with E-state index in [1.54, 1.807) is 31.9 Å². The molecule has 3 rings (SSSR count). The Morgan fingerprint density at radius 1 is 1.07 bits per heavy atom. The first-order valence-corrected chi connectivity index (χ1v) is 9.49. The lowest BCUT2D eigenvalue weighted by Crippen LogP contribution is -2.27. The van der Waals surface area contributed by atoms with Crippen LogP contribution in [0.3, 0.4) is 0 Å². The number of aromatic nitrogens is 3. The average Bonchev–Trinajstić information content (AvgIpc) is 2.78. The molecule has 0 spiro atoms. The van der Waals surface area contributed by atoms with Crippen molar-refractivity contribution >= 4 is 11.9 Å². The number of rotatable bonds is 9. The van der Waals surface area contributed by atoms with Gasteiger partial charge in [0, 0.05) is 44.9 Å². The molecular formula is C22H25N5O2. The molecule has 0 aliphatic heterocycles. The van der Waals surface area contributed by atoms with Crippen LogP contribution >= 0.6 is 0 Å². The Morgan fingerprint density at radius 2 is 1.83 bits per heavy atom. The Balaban J connectivity index is 1.47. The predicted octanol–water partition coefficient (Wildman–Crippen LogP) is 2.53. The Morgan fingerprint density at radius 3 is 2.55 bits per heavy atom. The van der Waals surface area contributed by atoms with Crippen LogP contribution in [0.25, 0.3) is 0 Å². The van der Waals surface area contributed by atoms with Gasteiger partial charge in [-0.3, -0.25) is 9.78 Å². The molecule has 0 radical (unpaired) electrons. The maximum absolute atomic E-state index is 12.3. The number of nitrogens with one attached hydrogen (secondary N) is 1. The van der Waals surface area contributed by atoms with Crippen LogP contribution in [0.1, 0.15) is 21.5 Å². The molecule has 0 saturated carbocycles. The fourth-order valence-corrected chi connectivity index (χ4v) is 2.83. The largest absolute Gasteiger partial charge is 0.497 e. The number of pyridine rings is 1. The number of amides is 1. The summed E-state index contributed by atoms with van der Waals surface area (Å²) in [4.78, 5) is 27.0. The van der Waals surface area contributed by atoms with Crippen molar-refractivity contribution in [2.75, 3.05) is 32.1 Å². The standard InChI is InChI=1S/C22H25N5O2/c1-27(13-9-17-6-10-23-11-7-17)22-25-15-19(16-26-22)21(28)24-12-8-18-4-3-5-20(14-18)29-2/h3-7,10-11,14-16H,8-9,12-13H2,1-2H3,(H,24,28). The molecule has 29 heavy (non-hydrogen) atoms. The smallest absolute Gasteiger partial charge is 0.254 e. The number of likely N-dealkylation sites (N-methyl/N-ethyl adjacent to an activating group) is 1. The fourth-order valence-electron chi connectivity index (χ4n) is 2.83. The molecule has 3 aromatic rings. The van der Waals surface area contributed by atoms with Crippen LogP contribution in [0.2, 0.25) is 0 Å². The monoisotopic (exact) mass is 391 g/mol. The van der Waals surface area contributed by atoms with E-state index in [0.717, 1.165) is 30.7 Å². The van der Waals surface area contributed by atoms with Crippen molar-refractivity contribution in [3.63, 3.8) is 0 Å². The molecule has 2 heterocycles. The molecule has 7 heteroatoms. The third kappa shape index (κ3) is 6.00. The maximum Gasteiger partial charge on any atom is 0.254 e. The molecule has 0 aliphatic rings. The summed E-state index contributed by atoms with van der Waals surface area (Å²) in [5.41, 5.74) is 2.76. The van der Waals surface area contributed by atoms with Crippen LogP contribution in [0, 0.1) is 0 Å². The van der Waals surface area contributed by atoms with Gasteiger partial charge >= 0.3 is 0 Å². The van der Waals surface area contributed by atoms with Gasteiger partial charge in [-0.25, -0.2) is 9.97 Å². The number of carbonyl (C=O) groups is 1. The molecule has 0 aliphatic carbocycles. The van der Waals surface area contributed by atoms with E-state index < -0.39 is 0 Å². The molecular weight excluding hydrogens is 366 g/mol. The second-order valence-electron chi connectivity index (χ2n) is 6.66. The number of hydrogen-bond acceptors (Lipinski definition) is 6. The average molecular weight is 391 g/mol. The number of methoxy groups -OCH3 is 1. The maximum atomic E-state index is 12.3. The number of benzene rings is 1. The molecule has 7 nitrogen and oxygen atoms in total. The third-order valence-electron chi connectivity index (χ3n) is 4.56. The first-order chi connectivity index (χ1) is 14.2. The number of ether oxygens (including phenoxy) is 1. The second-order valence-corrected chi connectivity index (χ2v) is 6.66. The van der Waals surface area contributed by atoms with Crippen molar-refractivity contribution in [3.05, 3.63) is 77.9 Å². The van der Waals surface area contributed by atoms with Gasteiger partial charge in [-0.15, -0.1) is 0 Å². The van der Waals surface area contributed by atoms with Gasteiger partial charge in [0.05, 0.1) is 12.7 Å². The normalized spacial score (nSPS) is 10.4. The van der Waals surface area contributed by atoms with E-state index in [1.165, 1.54) is 5.56 Å². The van der Waals surface area contributed by atoms with E-state index in [0.29, 0.717) is 18.1 Å². The Bertz CT molecular complexity index is 916. The summed E-state index contributed by atoms with van der Waals surface area (Å²) < 4.78 is 5.21. The zero-order chi connectivity index (χ0) is 20.5. The lowest BCUT2D eigenvalue weighted by atomic mass is 10.1. The van der Waals surface area contributed by atoms with E-state index >= 15 is 0 Å². The topological polar surface area (TPSA) is 80.2 Å². The lowest BCUT2D eigenvalue weighted by Gasteiger charge is -2.16. The van der Waals surface area contributed by atoms with Gasteiger partial charge in [0.25, 0.3) is 5.91 Å². The van der Waals surface area contributed by atoms with Gasteiger partial charge in [0.1, 0.15) is 5.75 Å². The molecule has 0 fully saturated rings. The first-order valence-electron chi connectivity index (χ1n) is 9.49. The second kappa shape index (κ2) is 10.2. The zero-order valence-corrected chi connectivity index (χ0v) is 16.7. The van der Waals surface area contributed by atoms with Crippen LogP contribution < -0.4 is 15.0 Å². The molecule has 1 N–H and O–H groups in total. The zero-order valence-electron chi connectivity index (χ0n) is 16.7. The minimum atomic E-state index is -0.182. The van der Waals surface area contributed by atoms with E-state index in [1.807, 2.05) is 48.3 Å². The highest BCUT2D eigenvalue weighted by atomic mass is 16.5. The summed E-state index contributed by atoms with van der Waals surface area (Å²) in [6.07, 6.45) is 8.29. The van der Waals surface area contributed by atoms with Gasteiger partial charge in [-0.2, -0.15) is 0 Å². The number of nitrogens with zero attached hydrogens (tertiary/aromatic N) is 4. The van der Waals surface area contributed by atoms with E-state index in [-0.39, 0.29) is 5.91 Å². The minimum absolute atomic E-state index is 0.182. The first kappa shape index (κ1) is 20.3. The molecule has 2 aromatic heterocycles. The Labute approximate surface area is 170 Å². The number of carbonyl (C=O) groups excluding carboxylic acids is 1. The van der Waals surface area contributed by atoms with Crippen LogP contribution in [0.4, 0.5) is 5.95 Å². The highest BCUT2D eigenvalue weighted by molar-refractivity contribution is 5.93. The lowest BCUT2D eigenvalue weighted by molar-refractivity contribution is 0.0953. The summed E-state index contributed by atoms with van der Waals surface area (Å²) in [5.74, 6) is 1.22. The van der Waals surface area contributed by atoms with Crippen molar-refractivity contribution in [2.45, 2.75) is 12.8 Å². The van der Waals surface area contributed by atoms with Crippen molar-refractivity contribution in [1.29, 1.82) is 0 Å². The summed E-state index contributed by atoms with van der Waals surface area (Å²) in [6, 6.07) is 11.8. The molecule has 0 bridgehead atoms. The fraction of sp³-hybridized carbons (Fsp3) is 0.273. The highest BCUT2D eigenvalue weighted by Gasteiger charge is 2.09. The molecule has 150 valence electrons. The molecule has 1 aromatic carbocycles. The predicted molar refractivity (Wildman–Crippen MR) is 112 cm³/mol. The van der Waals surface area contributed by atoms with Crippen molar-refractivity contribution in [1.82, 2.24) is 20.3 Å². The van der Waals surface area contributed by atoms with E-state index in [9.17, 15) is 4.79 Å². The highest BCUT2D eigenvalue weighted by Crippen LogP contribution is 2.12.